The van der Waals surface area contributed by atoms with Crippen molar-refractivity contribution in [1.82, 2.24) is 0 Å². The average Bonchev–Trinajstić information content (AvgIpc) is 2.46. The van der Waals surface area contributed by atoms with Crippen LogP contribution in [0, 0.1) is 0 Å². The molecule has 0 nitrogen and oxygen atoms in total. The zero-order valence-corrected chi connectivity index (χ0v) is 15.6. The lowest BCUT2D eigenvalue weighted by Gasteiger charge is -2.23. The molecule has 2 aromatic carbocycles. The van der Waals surface area contributed by atoms with E-state index in [1.807, 2.05) is 24.5 Å². The molecule has 23 heavy (non-hydrogen) atoms. The van der Waals surface area contributed by atoms with Crippen molar-refractivity contribution in [2.45, 2.75) is 36.6 Å². The standard InChI is InChI=1S/C18H21F3SSi/c1-22-15-7-5-6-14(12-15)17(18(19,20)21)13-8-10-16(11-9-13)23(2,3)4/h5-12,17H,1-4H3/t17-/m1/s1. The van der Waals surface area contributed by atoms with Crippen LogP contribution in [0.15, 0.2) is 53.4 Å². The predicted octanol–water partition coefficient (Wildman–Crippen LogP) is 5.65. The van der Waals surface area contributed by atoms with Crippen LogP contribution in [0.1, 0.15) is 17.0 Å². The summed E-state index contributed by atoms with van der Waals surface area (Å²) in [6.45, 7) is 6.56. The number of benzene rings is 2. The summed E-state index contributed by atoms with van der Waals surface area (Å²) < 4.78 is 41.0. The Kier molecular flexibility index (Phi) is 5.31. The van der Waals surface area contributed by atoms with Crippen molar-refractivity contribution in [2.24, 2.45) is 0 Å². The number of halogens is 3. The van der Waals surface area contributed by atoms with Crippen LogP contribution >= 0.6 is 11.8 Å². The number of hydrogen-bond donors (Lipinski definition) is 0. The van der Waals surface area contributed by atoms with Gasteiger partial charge in [-0.1, -0.05) is 61.2 Å². The van der Waals surface area contributed by atoms with Crippen molar-refractivity contribution in [3.05, 3.63) is 59.7 Å². The Morgan fingerprint density at radius 3 is 2.00 bits per heavy atom. The van der Waals surface area contributed by atoms with E-state index in [-0.39, 0.29) is 0 Å². The van der Waals surface area contributed by atoms with Crippen molar-refractivity contribution in [3.63, 3.8) is 0 Å². The molecule has 2 rings (SSSR count). The summed E-state index contributed by atoms with van der Waals surface area (Å²) in [7, 11) is -1.52. The molecule has 0 aliphatic rings. The van der Waals surface area contributed by atoms with E-state index in [0.29, 0.717) is 11.1 Å². The van der Waals surface area contributed by atoms with E-state index in [9.17, 15) is 13.2 Å². The molecule has 0 amide bonds. The molecule has 1 atom stereocenters. The molecule has 0 aliphatic heterocycles. The molecule has 0 aromatic heterocycles. The van der Waals surface area contributed by atoms with E-state index in [2.05, 4.69) is 19.6 Å². The van der Waals surface area contributed by atoms with Crippen molar-refractivity contribution < 1.29 is 13.2 Å². The predicted molar refractivity (Wildman–Crippen MR) is 95.5 cm³/mol. The first-order valence-electron chi connectivity index (χ1n) is 7.44. The molecular weight excluding hydrogens is 333 g/mol. The molecule has 0 unspecified atom stereocenters. The van der Waals surface area contributed by atoms with Crippen molar-refractivity contribution in [3.8, 4) is 0 Å². The molecule has 0 saturated heterocycles. The molecule has 5 heteroatoms. The lowest BCUT2D eigenvalue weighted by atomic mass is 9.91. The van der Waals surface area contributed by atoms with Gasteiger partial charge in [-0.2, -0.15) is 13.2 Å². The van der Waals surface area contributed by atoms with Crippen molar-refractivity contribution >= 4 is 25.0 Å². The van der Waals surface area contributed by atoms with Gasteiger partial charge in [0.1, 0.15) is 5.92 Å². The number of thioether (sulfide) groups is 1. The summed E-state index contributed by atoms with van der Waals surface area (Å²) in [6.07, 6.45) is -2.44. The Hall–Kier alpha value is -1.20. The van der Waals surface area contributed by atoms with Crippen LogP contribution in [0.5, 0.6) is 0 Å². The highest BCUT2D eigenvalue weighted by Gasteiger charge is 2.42. The van der Waals surface area contributed by atoms with Crippen LogP contribution in [0.2, 0.25) is 19.6 Å². The SMILES string of the molecule is CSc1cccc([C@@H](c2ccc([Si](C)(C)C)cc2)C(F)(F)F)c1. The Morgan fingerprint density at radius 1 is 0.913 bits per heavy atom. The van der Waals surface area contributed by atoms with Gasteiger partial charge in [-0.15, -0.1) is 11.8 Å². The minimum absolute atomic E-state index is 0.296. The lowest BCUT2D eigenvalue weighted by Crippen LogP contribution is -2.37. The molecule has 0 heterocycles. The molecule has 2 aromatic rings. The Morgan fingerprint density at radius 2 is 1.52 bits per heavy atom. The molecule has 0 bridgehead atoms. The number of hydrogen-bond acceptors (Lipinski definition) is 1. The molecule has 0 N–H and O–H groups in total. The summed E-state index contributed by atoms with van der Waals surface area (Å²) in [6, 6.07) is 13.7. The van der Waals surface area contributed by atoms with E-state index in [0.717, 1.165) is 4.90 Å². The maximum absolute atomic E-state index is 13.7. The zero-order chi connectivity index (χ0) is 17.3. The van der Waals surface area contributed by atoms with Gasteiger partial charge < -0.3 is 0 Å². The average molecular weight is 355 g/mol. The molecule has 0 spiro atoms. The Bertz CT molecular complexity index is 657. The van der Waals surface area contributed by atoms with Gasteiger partial charge in [0.25, 0.3) is 0 Å². The van der Waals surface area contributed by atoms with Crippen LogP contribution in [0.4, 0.5) is 13.2 Å². The van der Waals surface area contributed by atoms with Gasteiger partial charge >= 0.3 is 6.18 Å². The summed E-state index contributed by atoms with van der Waals surface area (Å²) in [5.41, 5.74) is 0.600. The summed E-state index contributed by atoms with van der Waals surface area (Å²) in [5.74, 6) is -1.58. The molecule has 0 radical (unpaired) electrons. The Balaban J connectivity index is 2.47. The third-order valence-corrected chi connectivity index (χ3v) is 6.66. The van der Waals surface area contributed by atoms with E-state index >= 15 is 0 Å². The fraction of sp³-hybridized carbons (Fsp3) is 0.333. The van der Waals surface area contributed by atoms with Gasteiger partial charge in [-0.3, -0.25) is 0 Å². The minimum Gasteiger partial charge on any atom is -0.170 e. The topological polar surface area (TPSA) is 0 Å². The van der Waals surface area contributed by atoms with E-state index < -0.39 is 20.2 Å². The smallest absolute Gasteiger partial charge is 0.170 e. The summed E-state index contributed by atoms with van der Waals surface area (Å²) in [4.78, 5) is 0.843. The lowest BCUT2D eigenvalue weighted by molar-refractivity contribution is -0.141. The van der Waals surface area contributed by atoms with Gasteiger partial charge in [0, 0.05) is 4.90 Å². The quantitative estimate of drug-likeness (QED) is 0.505. The zero-order valence-electron chi connectivity index (χ0n) is 13.7. The van der Waals surface area contributed by atoms with Gasteiger partial charge in [0.05, 0.1) is 8.07 Å². The fourth-order valence-electron chi connectivity index (χ4n) is 2.57. The first-order chi connectivity index (χ1) is 10.6. The highest BCUT2D eigenvalue weighted by atomic mass is 32.2. The monoisotopic (exact) mass is 354 g/mol. The third kappa shape index (κ3) is 4.41. The number of alkyl halides is 3. The Labute approximate surface area is 141 Å². The molecular formula is C18H21F3SSi. The normalized spacial score (nSPS) is 13.9. The largest absolute Gasteiger partial charge is 0.399 e. The summed E-state index contributed by atoms with van der Waals surface area (Å²) >= 11 is 1.45. The van der Waals surface area contributed by atoms with Crippen LogP contribution in [-0.2, 0) is 0 Å². The molecule has 124 valence electrons. The molecule has 0 fully saturated rings. The summed E-state index contributed by atoms with van der Waals surface area (Å²) in [5, 5.41) is 1.17. The van der Waals surface area contributed by atoms with Crippen LogP contribution in [-0.4, -0.2) is 20.5 Å². The third-order valence-electron chi connectivity index (χ3n) is 3.86. The fourth-order valence-corrected chi connectivity index (χ4v) is 4.20. The second-order valence-electron chi connectivity index (χ2n) is 6.62. The van der Waals surface area contributed by atoms with E-state index in [1.54, 1.807) is 30.3 Å². The first-order valence-corrected chi connectivity index (χ1v) is 12.2. The van der Waals surface area contributed by atoms with Crippen molar-refractivity contribution in [2.75, 3.05) is 6.26 Å². The maximum atomic E-state index is 13.7. The van der Waals surface area contributed by atoms with Gasteiger partial charge in [-0.05, 0) is 29.5 Å². The first kappa shape index (κ1) is 18.1. The second-order valence-corrected chi connectivity index (χ2v) is 12.6. The molecule has 0 saturated carbocycles. The second kappa shape index (κ2) is 6.73. The molecule has 0 aliphatic carbocycles. The van der Waals surface area contributed by atoms with Crippen LogP contribution in [0.3, 0.4) is 0 Å². The van der Waals surface area contributed by atoms with Gasteiger partial charge in [0.15, 0.2) is 0 Å². The highest BCUT2D eigenvalue weighted by Crippen LogP contribution is 2.40. The maximum Gasteiger partial charge on any atom is 0.399 e. The van der Waals surface area contributed by atoms with Crippen LogP contribution in [0.25, 0.3) is 0 Å². The van der Waals surface area contributed by atoms with Crippen molar-refractivity contribution in [1.29, 1.82) is 0 Å². The van der Waals surface area contributed by atoms with E-state index in [4.69, 9.17) is 0 Å². The van der Waals surface area contributed by atoms with Gasteiger partial charge in [-0.25, -0.2) is 0 Å². The highest BCUT2D eigenvalue weighted by molar-refractivity contribution is 7.98. The van der Waals surface area contributed by atoms with Gasteiger partial charge in [0.2, 0.25) is 0 Å². The van der Waals surface area contributed by atoms with Crippen LogP contribution < -0.4 is 5.19 Å². The number of rotatable bonds is 4. The minimum atomic E-state index is -4.31. The van der Waals surface area contributed by atoms with E-state index in [1.165, 1.54) is 16.9 Å².